The highest BCUT2D eigenvalue weighted by Gasteiger charge is 2.32. The van der Waals surface area contributed by atoms with E-state index in [-0.39, 0.29) is 5.41 Å². The summed E-state index contributed by atoms with van der Waals surface area (Å²) >= 11 is 0. The number of nitrogens with one attached hydrogen (secondary N) is 1. The van der Waals surface area contributed by atoms with Gasteiger partial charge in [0.1, 0.15) is 5.76 Å². The average molecular weight is 252 g/mol. The fraction of sp³-hybridized carbons (Fsp3) is 0.786. The minimum absolute atomic E-state index is 0.204. The van der Waals surface area contributed by atoms with Crippen molar-refractivity contribution in [3.05, 3.63) is 17.8 Å². The van der Waals surface area contributed by atoms with E-state index >= 15 is 0 Å². The maximum atomic E-state index is 5.89. The number of ether oxygens (including phenoxy) is 1. The van der Waals surface area contributed by atoms with Crippen molar-refractivity contribution in [2.45, 2.75) is 51.0 Å². The normalized spacial score (nSPS) is 19.0. The Labute approximate surface area is 109 Å². The zero-order valence-electron chi connectivity index (χ0n) is 11.5. The molecule has 1 aromatic rings. The SMILES string of the molecule is COCCNCc1ncc(C2(C)CCCCC2)o1. The molecule has 0 radical (unpaired) electrons. The zero-order chi connectivity index (χ0) is 12.8. The summed E-state index contributed by atoms with van der Waals surface area (Å²) in [5.41, 5.74) is 0.204. The van der Waals surface area contributed by atoms with Gasteiger partial charge in [-0.2, -0.15) is 0 Å². The third-order valence-electron chi connectivity index (χ3n) is 3.86. The summed E-state index contributed by atoms with van der Waals surface area (Å²) in [5.74, 6) is 1.85. The summed E-state index contributed by atoms with van der Waals surface area (Å²) in [6.45, 7) is 4.52. The smallest absolute Gasteiger partial charge is 0.208 e. The van der Waals surface area contributed by atoms with Gasteiger partial charge in [-0.15, -0.1) is 0 Å². The molecule has 1 fully saturated rings. The van der Waals surface area contributed by atoms with Crippen molar-refractivity contribution < 1.29 is 9.15 Å². The van der Waals surface area contributed by atoms with Crippen LogP contribution in [0.25, 0.3) is 0 Å². The van der Waals surface area contributed by atoms with Crippen molar-refractivity contribution in [1.29, 1.82) is 0 Å². The molecule has 1 N–H and O–H groups in total. The Morgan fingerprint density at radius 1 is 1.39 bits per heavy atom. The van der Waals surface area contributed by atoms with Gasteiger partial charge in [-0.1, -0.05) is 26.2 Å². The first-order valence-corrected chi connectivity index (χ1v) is 6.89. The fourth-order valence-electron chi connectivity index (χ4n) is 2.62. The number of aromatic nitrogens is 1. The van der Waals surface area contributed by atoms with Crippen molar-refractivity contribution in [2.24, 2.45) is 0 Å². The summed E-state index contributed by atoms with van der Waals surface area (Å²) < 4.78 is 10.9. The van der Waals surface area contributed by atoms with Crippen molar-refractivity contribution >= 4 is 0 Å². The minimum atomic E-state index is 0.204. The molecule has 102 valence electrons. The van der Waals surface area contributed by atoms with E-state index in [2.05, 4.69) is 17.2 Å². The Kier molecular flexibility index (Phi) is 4.78. The molecule has 2 rings (SSSR count). The molecule has 1 aromatic heterocycles. The lowest BCUT2D eigenvalue weighted by molar-refractivity contribution is 0.197. The van der Waals surface area contributed by atoms with Gasteiger partial charge in [-0.3, -0.25) is 0 Å². The van der Waals surface area contributed by atoms with Gasteiger partial charge in [-0.05, 0) is 12.8 Å². The first kappa shape index (κ1) is 13.6. The third-order valence-corrected chi connectivity index (χ3v) is 3.86. The lowest BCUT2D eigenvalue weighted by Gasteiger charge is -2.30. The molecule has 0 spiro atoms. The molecular formula is C14H24N2O2. The number of rotatable bonds is 6. The van der Waals surface area contributed by atoms with Gasteiger partial charge in [0.25, 0.3) is 0 Å². The van der Waals surface area contributed by atoms with E-state index in [4.69, 9.17) is 9.15 Å². The molecule has 0 amide bonds. The molecule has 1 saturated carbocycles. The molecule has 0 atom stereocenters. The van der Waals surface area contributed by atoms with E-state index in [0.717, 1.165) is 18.2 Å². The van der Waals surface area contributed by atoms with Gasteiger partial charge in [0.2, 0.25) is 5.89 Å². The topological polar surface area (TPSA) is 47.3 Å². The standard InChI is InChI=1S/C14H24N2O2/c1-14(6-4-3-5-7-14)12-10-16-13(18-12)11-15-8-9-17-2/h10,15H,3-9,11H2,1-2H3. The molecule has 0 unspecified atom stereocenters. The quantitative estimate of drug-likeness (QED) is 0.791. The largest absolute Gasteiger partial charge is 0.444 e. The van der Waals surface area contributed by atoms with Gasteiger partial charge in [0, 0.05) is 19.1 Å². The van der Waals surface area contributed by atoms with Crippen LogP contribution in [0.4, 0.5) is 0 Å². The van der Waals surface area contributed by atoms with Crippen LogP contribution in [0.2, 0.25) is 0 Å². The second-order valence-corrected chi connectivity index (χ2v) is 5.41. The Balaban J connectivity index is 1.88. The lowest BCUT2D eigenvalue weighted by atomic mass is 9.74. The van der Waals surface area contributed by atoms with Crippen LogP contribution >= 0.6 is 0 Å². The Bertz CT molecular complexity index is 356. The van der Waals surface area contributed by atoms with Gasteiger partial charge >= 0.3 is 0 Å². The van der Waals surface area contributed by atoms with Crippen LogP contribution in [0, 0.1) is 0 Å². The van der Waals surface area contributed by atoms with Crippen LogP contribution in [0.5, 0.6) is 0 Å². The van der Waals surface area contributed by atoms with Gasteiger partial charge < -0.3 is 14.5 Å². The van der Waals surface area contributed by atoms with E-state index < -0.39 is 0 Å². The molecule has 0 bridgehead atoms. The molecule has 1 heterocycles. The highest BCUT2D eigenvalue weighted by atomic mass is 16.5. The fourth-order valence-corrected chi connectivity index (χ4v) is 2.62. The van der Waals surface area contributed by atoms with Crippen LogP contribution in [-0.4, -0.2) is 25.2 Å². The first-order valence-electron chi connectivity index (χ1n) is 6.89. The molecule has 4 heteroatoms. The molecule has 18 heavy (non-hydrogen) atoms. The van der Waals surface area contributed by atoms with Crippen LogP contribution in [-0.2, 0) is 16.7 Å². The van der Waals surface area contributed by atoms with Gasteiger partial charge in [-0.25, -0.2) is 4.98 Å². The van der Waals surface area contributed by atoms with Crippen LogP contribution in [0.1, 0.15) is 50.7 Å². The summed E-state index contributed by atoms with van der Waals surface area (Å²) in [6, 6.07) is 0. The number of methoxy groups -OCH3 is 1. The second kappa shape index (κ2) is 6.34. The molecule has 0 aliphatic heterocycles. The van der Waals surface area contributed by atoms with Crippen molar-refractivity contribution in [3.8, 4) is 0 Å². The van der Waals surface area contributed by atoms with E-state index in [0.29, 0.717) is 13.2 Å². The predicted octanol–water partition coefficient (Wildman–Crippen LogP) is 2.63. The van der Waals surface area contributed by atoms with Crippen LogP contribution in [0.3, 0.4) is 0 Å². The average Bonchev–Trinajstić information content (AvgIpc) is 2.85. The van der Waals surface area contributed by atoms with Crippen LogP contribution < -0.4 is 5.32 Å². The Morgan fingerprint density at radius 3 is 2.89 bits per heavy atom. The molecule has 0 saturated heterocycles. The molecule has 1 aliphatic rings. The lowest BCUT2D eigenvalue weighted by Crippen LogP contribution is -2.24. The molecular weight excluding hydrogens is 228 g/mol. The summed E-state index contributed by atoms with van der Waals surface area (Å²) in [7, 11) is 1.70. The van der Waals surface area contributed by atoms with Crippen molar-refractivity contribution in [3.63, 3.8) is 0 Å². The minimum Gasteiger partial charge on any atom is -0.444 e. The van der Waals surface area contributed by atoms with E-state index in [1.54, 1.807) is 7.11 Å². The van der Waals surface area contributed by atoms with E-state index in [9.17, 15) is 0 Å². The van der Waals surface area contributed by atoms with E-state index in [1.807, 2.05) is 6.20 Å². The third kappa shape index (κ3) is 3.33. The summed E-state index contributed by atoms with van der Waals surface area (Å²) in [6.07, 6.45) is 8.32. The zero-order valence-corrected chi connectivity index (χ0v) is 11.5. The number of nitrogens with zero attached hydrogens (tertiary/aromatic N) is 1. The van der Waals surface area contributed by atoms with Crippen LogP contribution in [0.15, 0.2) is 10.6 Å². The maximum absolute atomic E-state index is 5.89. The van der Waals surface area contributed by atoms with E-state index in [1.165, 1.54) is 32.1 Å². The first-order chi connectivity index (χ1) is 8.74. The summed E-state index contributed by atoms with van der Waals surface area (Å²) in [4.78, 5) is 4.36. The molecule has 4 nitrogen and oxygen atoms in total. The summed E-state index contributed by atoms with van der Waals surface area (Å²) in [5, 5.41) is 3.25. The van der Waals surface area contributed by atoms with Crippen molar-refractivity contribution in [1.82, 2.24) is 10.3 Å². The number of hydrogen-bond acceptors (Lipinski definition) is 4. The highest BCUT2D eigenvalue weighted by Crippen LogP contribution is 2.39. The Hall–Kier alpha value is -0.870. The number of oxazole rings is 1. The number of hydrogen-bond donors (Lipinski definition) is 1. The van der Waals surface area contributed by atoms with Gasteiger partial charge in [0.15, 0.2) is 0 Å². The monoisotopic (exact) mass is 252 g/mol. The second-order valence-electron chi connectivity index (χ2n) is 5.41. The molecule has 0 aromatic carbocycles. The predicted molar refractivity (Wildman–Crippen MR) is 70.5 cm³/mol. The highest BCUT2D eigenvalue weighted by molar-refractivity contribution is 5.10. The van der Waals surface area contributed by atoms with Crippen molar-refractivity contribution in [2.75, 3.05) is 20.3 Å². The van der Waals surface area contributed by atoms with Gasteiger partial charge in [0.05, 0.1) is 19.3 Å². The maximum Gasteiger partial charge on any atom is 0.208 e. The Morgan fingerprint density at radius 2 is 2.17 bits per heavy atom. The molecule has 1 aliphatic carbocycles.